The van der Waals surface area contributed by atoms with Gasteiger partial charge in [-0.05, 0) is 49.2 Å². The number of hydrogen-bond acceptors (Lipinski definition) is 7. The van der Waals surface area contributed by atoms with E-state index in [1.165, 1.54) is 11.3 Å². The Morgan fingerprint density at radius 3 is 2.64 bits per heavy atom. The lowest BCUT2D eigenvalue weighted by Crippen LogP contribution is -2.39. The van der Waals surface area contributed by atoms with E-state index in [2.05, 4.69) is 11.0 Å². The first-order valence-electron chi connectivity index (χ1n) is 10.7. The number of hydrogen-bond donors (Lipinski definition) is 0. The zero-order valence-electron chi connectivity index (χ0n) is 18.7. The van der Waals surface area contributed by atoms with Crippen LogP contribution in [-0.4, -0.2) is 62.3 Å². The molecular formula is C24H27ClN4O3S. The number of halogens is 1. The molecule has 7 nitrogen and oxygen atoms in total. The van der Waals surface area contributed by atoms with Gasteiger partial charge in [0.05, 0.1) is 36.7 Å². The van der Waals surface area contributed by atoms with E-state index in [-0.39, 0.29) is 18.3 Å². The van der Waals surface area contributed by atoms with Gasteiger partial charge in [-0.15, -0.1) is 12.4 Å². The summed E-state index contributed by atoms with van der Waals surface area (Å²) in [4.78, 5) is 22.4. The third kappa shape index (κ3) is 5.63. The number of aryl methyl sites for hydroxylation is 1. The number of anilines is 1. The second-order valence-corrected chi connectivity index (χ2v) is 8.69. The number of thiazole rings is 1. The zero-order chi connectivity index (χ0) is 22.5. The average molecular weight is 487 g/mol. The Morgan fingerprint density at radius 2 is 1.97 bits per heavy atom. The summed E-state index contributed by atoms with van der Waals surface area (Å²) in [5, 5.41) is 9.73. The van der Waals surface area contributed by atoms with Crippen molar-refractivity contribution in [1.29, 1.82) is 5.26 Å². The molecule has 1 fully saturated rings. The molecule has 0 bridgehead atoms. The highest BCUT2D eigenvalue weighted by Crippen LogP contribution is 2.37. The van der Waals surface area contributed by atoms with Crippen LogP contribution in [0.3, 0.4) is 0 Å². The van der Waals surface area contributed by atoms with Crippen molar-refractivity contribution in [3.8, 4) is 11.8 Å². The van der Waals surface area contributed by atoms with Gasteiger partial charge in [0, 0.05) is 31.7 Å². The highest BCUT2D eigenvalue weighted by Gasteiger charge is 2.23. The predicted octanol–water partition coefficient (Wildman–Crippen LogP) is 4.28. The van der Waals surface area contributed by atoms with Gasteiger partial charge in [-0.25, -0.2) is 4.98 Å². The maximum Gasteiger partial charge on any atom is 0.260 e. The van der Waals surface area contributed by atoms with Gasteiger partial charge >= 0.3 is 0 Å². The number of methoxy groups -OCH3 is 1. The number of fused-ring (bicyclic) bond motifs is 1. The van der Waals surface area contributed by atoms with Crippen LogP contribution in [0, 0.1) is 18.3 Å². The van der Waals surface area contributed by atoms with Gasteiger partial charge in [-0.1, -0.05) is 17.4 Å². The average Bonchev–Trinajstić information content (AvgIpc) is 3.28. The maximum absolute atomic E-state index is 13.5. The van der Waals surface area contributed by atoms with Crippen LogP contribution in [0.2, 0.25) is 0 Å². The summed E-state index contributed by atoms with van der Waals surface area (Å²) in [5.74, 6) is 0.583. The number of nitriles is 1. The van der Waals surface area contributed by atoms with Gasteiger partial charge in [0.2, 0.25) is 0 Å². The Morgan fingerprint density at radius 1 is 1.24 bits per heavy atom. The molecule has 9 heteroatoms. The number of amides is 1. The van der Waals surface area contributed by atoms with Gasteiger partial charge < -0.3 is 9.47 Å². The summed E-state index contributed by atoms with van der Waals surface area (Å²) in [6.45, 7) is 6.83. The molecule has 0 unspecified atom stereocenters. The SMILES string of the molecule is COc1ccc(C)c2sc(N(CCCN3CCOCC3)C(=O)c3ccc(C#N)cc3)nc12.Cl. The van der Waals surface area contributed by atoms with Crippen molar-refractivity contribution in [1.82, 2.24) is 9.88 Å². The second-order valence-electron chi connectivity index (χ2n) is 7.71. The number of rotatable bonds is 7. The first-order valence-corrected chi connectivity index (χ1v) is 11.5. The number of aromatic nitrogens is 1. The van der Waals surface area contributed by atoms with E-state index in [0.717, 1.165) is 55.0 Å². The largest absolute Gasteiger partial charge is 0.494 e. The van der Waals surface area contributed by atoms with Gasteiger partial charge in [0.25, 0.3) is 5.91 Å². The molecule has 0 spiro atoms. The summed E-state index contributed by atoms with van der Waals surface area (Å²) in [6, 6.07) is 12.8. The minimum atomic E-state index is -0.118. The van der Waals surface area contributed by atoms with Crippen LogP contribution in [0.5, 0.6) is 5.75 Å². The van der Waals surface area contributed by atoms with Gasteiger partial charge in [0.15, 0.2) is 5.13 Å². The summed E-state index contributed by atoms with van der Waals surface area (Å²) >= 11 is 1.51. The van der Waals surface area contributed by atoms with Crippen LogP contribution < -0.4 is 9.64 Å². The fourth-order valence-electron chi connectivity index (χ4n) is 3.78. The lowest BCUT2D eigenvalue weighted by atomic mass is 10.1. The molecule has 174 valence electrons. The predicted molar refractivity (Wildman–Crippen MR) is 133 cm³/mol. The van der Waals surface area contributed by atoms with Crippen LogP contribution in [-0.2, 0) is 4.74 Å². The summed E-state index contributed by atoms with van der Waals surface area (Å²) in [5.41, 5.74) is 2.95. The normalized spacial score (nSPS) is 13.8. The summed E-state index contributed by atoms with van der Waals surface area (Å²) in [7, 11) is 1.63. The quantitative estimate of drug-likeness (QED) is 0.496. The first kappa shape index (κ1) is 24.9. The molecule has 1 aliphatic heterocycles. The smallest absolute Gasteiger partial charge is 0.260 e. The number of carbonyl (C=O) groups is 1. The molecule has 2 aromatic carbocycles. The van der Waals surface area contributed by atoms with E-state index >= 15 is 0 Å². The zero-order valence-corrected chi connectivity index (χ0v) is 20.4. The van der Waals surface area contributed by atoms with Crippen LogP contribution in [0.1, 0.15) is 27.9 Å². The fourth-order valence-corrected chi connectivity index (χ4v) is 4.86. The second kappa shape index (κ2) is 11.4. The lowest BCUT2D eigenvalue weighted by molar-refractivity contribution is 0.0376. The minimum Gasteiger partial charge on any atom is -0.494 e. The van der Waals surface area contributed by atoms with Gasteiger partial charge in [-0.2, -0.15) is 5.26 Å². The molecule has 2 heterocycles. The van der Waals surface area contributed by atoms with E-state index in [4.69, 9.17) is 19.7 Å². The van der Waals surface area contributed by atoms with Crippen LogP contribution in [0.4, 0.5) is 5.13 Å². The number of carbonyl (C=O) groups excluding carboxylic acids is 1. The fraction of sp³-hybridized carbons (Fsp3) is 0.375. The summed E-state index contributed by atoms with van der Waals surface area (Å²) in [6.07, 6.45) is 0.827. The molecule has 3 aromatic rings. The lowest BCUT2D eigenvalue weighted by Gasteiger charge is -2.27. The van der Waals surface area contributed by atoms with E-state index < -0.39 is 0 Å². The Kier molecular flexibility index (Phi) is 8.64. The molecule has 1 aromatic heterocycles. The highest BCUT2D eigenvalue weighted by atomic mass is 35.5. The van der Waals surface area contributed by atoms with E-state index in [9.17, 15) is 4.79 Å². The van der Waals surface area contributed by atoms with Crippen molar-refractivity contribution in [2.45, 2.75) is 13.3 Å². The molecule has 0 N–H and O–H groups in total. The summed E-state index contributed by atoms with van der Waals surface area (Å²) < 4.78 is 11.9. The molecule has 0 radical (unpaired) electrons. The third-order valence-electron chi connectivity index (χ3n) is 5.61. The molecule has 0 atom stereocenters. The minimum absolute atomic E-state index is 0. The third-order valence-corrected chi connectivity index (χ3v) is 6.82. The van der Waals surface area contributed by atoms with Crippen LogP contribution in [0.15, 0.2) is 36.4 Å². The molecule has 1 saturated heterocycles. The molecule has 1 aliphatic rings. The Hall–Kier alpha value is -2.70. The van der Waals surface area contributed by atoms with Gasteiger partial charge in [0.1, 0.15) is 11.3 Å². The van der Waals surface area contributed by atoms with Crippen molar-refractivity contribution < 1.29 is 14.3 Å². The monoisotopic (exact) mass is 486 g/mol. The standard InChI is InChI=1S/C24H26N4O3S.ClH/c1-17-4-9-20(30-2)21-22(17)32-24(26-21)28(11-3-10-27-12-14-31-15-13-27)23(29)19-7-5-18(16-25)6-8-19;/h4-9H,3,10-15H2,1-2H3;1H. The number of morpholine rings is 1. The van der Waals surface area contributed by atoms with E-state index in [1.54, 1.807) is 36.3 Å². The van der Waals surface area contributed by atoms with Crippen molar-refractivity contribution in [3.05, 3.63) is 53.1 Å². The maximum atomic E-state index is 13.5. The first-order chi connectivity index (χ1) is 15.6. The number of ether oxygens (including phenoxy) is 2. The molecular weight excluding hydrogens is 460 g/mol. The Labute approximate surface area is 203 Å². The van der Waals surface area contributed by atoms with Gasteiger partial charge in [-0.3, -0.25) is 14.6 Å². The van der Waals surface area contributed by atoms with E-state index in [1.807, 2.05) is 19.1 Å². The Balaban J connectivity index is 0.00000306. The molecule has 0 aliphatic carbocycles. The number of benzene rings is 2. The van der Waals surface area contributed by atoms with Crippen molar-refractivity contribution in [3.63, 3.8) is 0 Å². The molecule has 4 rings (SSSR count). The van der Waals surface area contributed by atoms with Crippen molar-refractivity contribution >= 4 is 45.0 Å². The topological polar surface area (TPSA) is 78.7 Å². The molecule has 33 heavy (non-hydrogen) atoms. The van der Waals surface area contributed by atoms with Crippen molar-refractivity contribution in [2.75, 3.05) is 51.4 Å². The van der Waals surface area contributed by atoms with Crippen molar-refractivity contribution in [2.24, 2.45) is 0 Å². The van der Waals surface area contributed by atoms with E-state index in [0.29, 0.717) is 28.6 Å². The molecule has 1 amide bonds. The Bertz CT molecular complexity index is 1140. The van der Waals surface area contributed by atoms with Crippen LogP contribution in [0.25, 0.3) is 10.2 Å². The number of nitrogens with zero attached hydrogens (tertiary/aromatic N) is 4. The van der Waals surface area contributed by atoms with Crippen LogP contribution >= 0.6 is 23.7 Å². The molecule has 0 saturated carbocycles. The highest BCUT2D eigenvalue weighted by molar-refractivity contribution is 7.22.